The number of hydrogen-bond acceptors (Lipinski definition) is 7. The Morgan fingerprint density at radius 3 is 2.88 bits per heavy atom. The first-order valence-electron chi connectivity index (χ1n) is 7.44. The first-order chi connectivity index (χ1) is 11.5. The van der Waals surface area contributed by atoms with Gasteiger partial charge in [0.25, 0.3) is 0 Å². The van der Waals surface area contributed by atoms with E-state index >= 15 is 0 Å². The SMILES string of the molecule is CCCNC(=O)Cn1cc(OC)c(=O)cc1CSc1nnnn1C. The van der Waals surface area contributed by atoms with Gasteiger partial charge in [-0.1, -0.05) is 18.7 Å². The topological polar surface area (TPSA) is 104 Å². The van der Waals surface area contributed by atoms with Crippen LogP contribution in [0.15, 0.2) is 22.2 Å². The van der Waals surface area contributed by atoms with Crippen molar-refractivity contribution >= 4 is 17.7 Å². The molecule has 9 nitrogen and oxygen atoms in total. The molecule has 0 unspecified atom stereocenters. The summed E-state index contributed by atoms with van der Waals surface area (Å²) < 4.78 is 8.32. The smallest absolute Gasteiger partial charge is 0.239 e. The number of thioether (sulfide) groups is 1. The van der Waals surface area contributed by atoms with Gasteiger partial charge >= 0.3 is 0 Å². The van der Waals surface area contributed by atoms with Crippen molar-refractivity contribution in [3.05, 3.63) is 28.2 Å². The molecule has 0 saturated carbocycles. The number of hydrogen-bond donors (Lipinski definition) is 1. The second-order valence-electron chi connectivity index (χ2n) is 5.05. The Hall–Kier alpha value is -2.36. The second-order valence-corrected chi connectivity index (χ2v) is 5.99. The lowest BCUT2D eigenvalue weighted by atomic mass is 10.3. The highest BCUT2D eigenvalue weighted by Crippen LogP contribution is 2.19. The Bertz CT molecular complexity index is 757. The number of aryl methyl sites for hydroxylation is 1. The van der Waals surface area contributed by atoms with Gasteiger partial charge in [-0.3, -0.25) is 9.59 Å². The molecule has 2 rings (SSSR count). The Labute approximate surface area is 143 Å². The number of aromatic nitrogens is 5. The van der Waals surface area contributed by atoms with Crippen LogP contribution in [0, 0.1) is 0 Å². The van der Waals surface area contributed by atoms with Gasteiger partial charge in [0.1, 0.15) is 6.54 Å². The van der Waals surface area contributed by atoms with Gasteiger partial charge in [0.05, 0.1) is 13.3 Å². The van der Waals surface area contributed by atoms with Crippen molar-refractivity contribution in [2.75, 3.05) is 13.7 Å². The van der Waals surface area contributed by atoms with E-state index in [0.717, 1.165) is 6.42 Å². The van der Waals surface area contributed by atoms with E-state index in [1.165, 1.54) is 24.9 Å². The van der Waals surface area contributed by atoms with E-state index in [1.807, 2.05) is 6.92 Å². The standard InChI is InChI=1S/C14H20N6O3S/c1-4-5-15-13(22)8-20-7-12(23-3)11(21)6-10(20)9-24-14-16-17-18-19(14)2/h6-7H,4-5,8-9H2,1-3H3,(H,15,22). The minimum atomic E-state index is -0.227. The van der Waals surface area contributed by atoms with Gasteiger partial charge in [0, 0.05) is 31.1 Å². The quantitative estimate of drug-likeness (QED) is 0.677. The number of tetrazole rings is 1. The maximum Gasteiger partial charge on any atom is 0.239 e. The number of carbonyl (C=O) groups excluding carboxylic acids is 1. The Morgan fingerprint density at radius 1 is 1.46 bits per heavy atom. The number of ether oxygens (including phenoxy) is 1. The van der Waals surface area contributed by atoms with E-state index < -0.39 is 0 Å². The summed E-state index contributed by atoms with van der Waals surface area (Å²) in [6, 6.07) is 1.47. The number of methoxy groups -OCH3 is 1. The maximum absolute atomic E-state index is 12.0. The number of nitrogens with zero attached hydrogens (tertiary/aromatic N) is 5. The van der Waals surface area contributed by atoms with Gasteiger partial charge in [0.15, 0.2) is 5.75 Å². The Morgan fingerprint density at radius 2 is 2.25 bits per heavy atom. The molecule has 1 amide bonds. The lowest BCUT2D eigenvalue weighted by Gasteiger charge is -2.14. The molecule has 0 spiro atoms. The normalized spacial score (nSPS) is 10.6. The molecular weight excluding hydrogens is 332 g/mol. The molecule has 0 aromatic carbocycles. The van der Waals surface area contributed by atoms with Gasteiger partial charge in [-0.05, 0) is 16.8 Å². The summed E-state index contributed by atoms with van der Waals surface area (Å²) in [4.78, 5) is 24.0. The van der Waals surface area contributed by atoms with Crippen LogP contribution in [0.3, 0.4) is 0 Å². The van der Waals surface area contributed by atoms with Gasteiger partial charge in [0.2, 0.25) is 16.5 Å². The molecule has 0 saturated heterocycles. The van der Waals surface area contributed by atoms with E-state index in [-0.39, 0.29) is 23.6 Å². The third-order valence-electron chi connectivity index (χ3n) is 3.22. The minimum Gasteiger partial charge on any atom is -0.491 e. The molecule has 0 aliphatic rings. The molecule has 10 heteroatoms. The van der Waals surface area contributed by atoms with Crippen LogP contribution in [0.4, 0.5) is 0 Å². The molecule has 24 heavy (non-hydrogen) atoms. The monoisotopic (exact) mass is 352 g/mol. The highest BCUT2D eigenvalue weighted by molar-refractivity contribution is 7.98. The maximum atomic E-state index is 12.0. The summed E-state index contributed by atoms with van der Waals surface area (Å²) >= 11 is 1.38. The second kappa shape index (κ2) is 8.48. The lowest BCUT2D eigenvalue weighted by molar-refractivity contribution is -0.121. The zero-order chi connectivity index (χ0) is 17.5. The average molecular weight is 352 g/mol. The van der Waals surface area contributed by atoms with Crippen LogP contribution in [0.1, 0.15) is 19.0 Å². The average Bonchev–Trinajstić information content (AvgIpc) is 2.97. The number of carbonyl (C=O) groups is 1. The van der Waals surface area contributed by atoms with Crippen molar-refractivity contribution in [2.45, 2.75) is 30.8 Å². The molecule has 0 aliphatic heterocycles. The van der Waals surface area contributed by atoms with E-state index in [4.69, 9.17) is 4.74 Å². The summed E-state index contributed by atoms with van der Waals surface area (Å²) in [5, 5.41) is 14.7. The molecule has 0 radical (unpaired) electrons. The summed E-state index contributed by atoms with van der Waals surface area (Å²) in [5.41, 5.74) is 0.467. The molecular formula is C14H20N6O3S. The van der Waals surface area contributed by atoms with Gasteiger partial charge in [-0.2, -0.15) is 0 Å². The van der Waals surface area contributed by atoms with Crippen LogP contribution >= 0.6 is 11.8 Å². The molecule has 2 aromatic heterocycles. The van der Waals surface area contributed by atoms with E-state index in [1.54, 1.807) is 22.5 Å². The third kappa shape index (κ3) is 4.57. The first kappa shape index (κ1) is 18.0. The number of rotatable bonds is 8. The molecule has 1 N–H and O–H groups in total. The lowest BCUT2D eigenvalue weighted by Crippen LogP contribution is -2.29. The highest BCUT2D eigenvalue weighted by atomic mass is 32.2. The third-order valence-corrected chi connectivity index (χ3v) is 4.26. The molecule has 0 aliphatic carbocycles. The summed E-state index contributed by atoms with van der Waals surface area (Å²) in [6.07, 6.45) is 2.42. The summed E-state index contributed by atoms with van der Waals surface area (Å²) in [7, 11) is 3.17. The minimum absolute atomic E-state index is 0.115. The summed E-state index contributed by atoms with van der Waals surface area (Å²) in [5.74, 6) is 0.538. The summed E-state index contributed by atoms with van der Waals surface area (Å²) in [6.45, 7) is 2.72. The van der Waals surface area contributed by atoms with Gasteiger partial charge in [-0.25, -0.2) is 4.68 Å². The zero-order valence-corrected chi connectivity index (χ0v) is 14.7. The molecule has 0 fully saturated rings. The Balaban J connectivity index is 2.20. The van der Waals surface area contributed by atoms with E-state index in [0.29, 0.717) is 23.1 Å². The first-order valence-corrected chi connectivity index (χ1v) is 8.43. The predicted molar refractivity (Wildman–Crippen MR) is 88.9 cm³/mol. The molecule has 0 bridgehead atoms. The van der Waals surface area contributed by atoms with Gasteiger partial charge < -0.3 is 14.6 Å². The molecule has 2 aromatic rings. The number of amides is 1. The molecule has 0 atom stereocenters. The fourth-order valence-corrected chi connectivity index (χ4v) is 2.82. The van der Waals surface area contributed by atoms with Crippen LogP contribution in [0.25, 0.3) is 0 Å². The number of pyridine rings is 1. The number of nitrogens with one attached hydrogen (secondary N) is 1. The fraction of sp³-hybridized carbons (Fsp3) is 0.500. The molecule has 2 heterocycles. The van der Waals surface area contributed by atoms with Crippen molar-refractivity contribution in [3.8, 4) is 5.75 Å². The van der Waals surface area contributed by atoms with Crippen LogP contribution in [-0.4, -0.2) is 44.3 Å². The predicted octanol–water partition coefficient (Wildman–Crippen LogP) is 0.199. The van der Waals surface area contributed by atoms with Crippen molar-refractivity contribution in [3.63, 3.8) is 0 Å². The van der Waals surface area contributed by atoms with Crippen LogP contribution in [-0.2, 0) is 24.1 Å². The van der Waals surface area contributed by atoms with Crippen molar-refractivity contribution in [1.82, 2.24) is 30.1 Å². The Kier molecular flexibility index (Phi) is 6.36. The van der Waals surface area contributed by atoms with E-state index in [2.05, 4.69) is 20.8 Å². The van der Waals surface area contributed by atoms with Crippen LogP contribution in [0.2, 0.25) is 0 Å². The van der Waals surface area contributed by atoms with Crippen molar-refractivity contribution in [2.24, 2.45) is 7.05 Å². The molecule has 130 valence electrons. The van der Waals surface area contributed by atoms with Crippen LogP contribution < -0.4 is 15.5 Å². The zero-order valence-electron chi connectivity index (χ0n) is 13.9. The highest BCUT2D eigenvalue weighted by Gasteiger charge is 2.12. The van der Waals surface area contributed by atoms with Gasteiger partial charge in [-0.15, -0.1) is 5.10 Å². The van der Waals surface area contributed by atoms with Crippen LogP contribution in [0.5, 0.6) is 5.75 Å². The largest absolute Gasteiger partial charge is 0.491 e. The van der Waals surface area contributed by atoms with Crippen molar-refractivity contribution < 1.29 is 9.53 Å². The van der Waals surface area contributed by atoms with E-state index in [9.17, 15) is 9.59 Å². The fourth-order valence-electron chi connectivity index (χ4n) is 1.98. The van der Waals surface area contributed by atoms with Crippen molar-refractivity contribution in [1.29, 1.82) is 0 Å².